The van der Waals surface area contributed by atoms with E-state index in [0.717, 1.165) is 10.8 Å². The highest BCUT2D eigenvalue weighted by atomic mass is 35.5. The van der Waals surface area contributed by atoms with Crippen LogP contribution in [0.25, 0.3) is 10.8 Å². The molecule has 2 fully saturated rings. The van der Waals surface area contributed by atoms with Crippen LogP contribution in [0.3, 0.4) is 0 Å². The molecule has 31 nitrogen and oxygen atoms in total. The monoisotopic (exact) mass is 1450 g/mol. The second-order valence-corrected chi connectivity index (χ2v) is 26.7. The largest absolute Gasteiger partial charge is 0.508 e. The summed E-state index contributed by atoms with van der Waals surface area (Å²) in [4.78, 5) is 187. The number of benzene rings is 4. The van der Waals surface area contributed by atoms with E-state index >= 15 is 9.59 Å². The first kappa shape index (κ1) is 81.5. The van der Waals surface area contributed by atoms with Gasteiger partial charge in [0.25, 0.3) is 0 Å². The number of guanidine groups is 1. The maximum atomic E-state index is 15.2. The lowest BCUT2D eigenvalue weighted by Crippen LogP contribution is -2.61. The van der Waals surface area contributed by atoms with Crippen LogP contribution in [0.15, 0.2) is 96.0 Å². The van der Waals surface area contributed by atoms with E-state index in [-0.39, 0.29) is 101 Å². The van der Waals surface area contributed by atoms with Gasteiger partial charge in [-0.2, -0.15) is 0 Å². The number of nitrogens with zero attached hydrogens (tertiary/aromatic N) is 2. The van der Waals surface area contributed by atoms with Gasteiger partial charge in [-0.25, -0.2) is 0 Å². The number of fused-ring (bicyclic) bond motifs is 1. The number of likely N-dealkylation sites (tertiary alicyclic amines) is 1. The summed E-state index contributed by atoms with van der Waals surface area (Å²) >= 11 is 6.17. The molecule has 0 aliphatic carbocycles. The zero-order valence-corrected chi connectivity index (χ0v) is 59.3. The summed E-state index contributed by atoms with van der Waals surface area (Å²) < 4.78 is 0. The lowest BCUT2D eigenvalue weighted by Gasteiger charge is -2.31. The van der Waals surface area contributed by atoms with Crippen LogP contribution in [0.1, 0.15) is 122 Å². The second kappa shape index (κ2) is 40.3. The minimum Gasteiger partial charge on any atom is -0.508 e. The van der Waals surface area contributed by atoms with Gasteiger partial charge in [0.15, 0.2) is 5.96 Å². The molecule has 6 rings (SSSR count). The topological polar surface area (TPSA) is 488 Å². The lowest BCUT2D eigenvalue weighted by molar-refractivity contribution is -0.142. The molecule has 558 valence electrons. The van der Waals surface area contributed by atoms with E-state index in [2.05, 4.69) is 63.5 Å². The highest BCUT2D eigenvalue weighted by Crippen LogP contribution is 2.23. The van der Waals surface area contributed by atoms with Crippen molar-refractivity contribution in [1.82, 2.24) is 63.4 Å². The number of phenols is 1. The quantitative estimate of drug-likeness (QED) is 0.0166. The smallest absolute Gasteiger partial charge is 0.245 e. The molecule has 0 aromatic heterocycles. The fourth-order valence-electron chi connectivity index (χ4n) is 11.9. The first-order valence-corrected chi connectivity index (χ1v) is 34.9. The predicted octanol–water partition coefficient (Wildman–Crippen LogP) is -0.827. The van der Waals surface area contributed by atoms with Gasteiger partial charge < -0.3 is 90.8 Å². The van der Waals surface area contributed by atoms with E-state index in [9.17, 15) is 63.0 Å². The third-order valence-corrected chi connectivity index (χ3v) is 17.7. The molecule has 0 saturated carbocycles. The standard InChI is InChI=1S/C71H97ClN16O15/c1-6-7-14-48-36-56(81-60(93)37-77-59(92)28-27-50(79-41(5)90)62(95)84-53(63(96)80-48)33-42-18-23-47(72)24-19-42)67(100)87-57(38-89)68(101)86-54(34-43-20-25-49(91)26-21-43)65(98)85-55(35-44-17-22-45-12-8-9-13-46(45)32-44)66(99)83-52(31-39(2)3)64(97)82-51(15-10-29-76-71(74)75)70(103)88-30-11-16-58(88)69(102)78-40(4)61(73)94/h8-9,12-13,17-26,32,39-40,48,50-58,89,91H,6-7,10-11,14-16,27-31,33-38H2,1-5H3,(H2,73,94)(H,77,92)(H,78,102)(H,79,90)(H,80,96)(H,81,93)(H,82,97)(H,83,99)(H,84,95)(H,85,98)(H,86,101)(H,87,100)(H4,74,75,76)/t40?,48?,50?,51-,52+,53+,54-,55?,56+,57-,58+/m0/s1. The number of unbranched alkanes of at least 4 members (excludes halogenated alkanes) is 1. The molecule has 32 heteroatoms. The molecule has 13 amide bonds. The third kappa shape index (κ3) is 26.5. The maximum absolute atomic E-state index is 15.2. The van der Waals surface area contributed by atoms with Crippen molar-refractivity contribution in [2.45, 2.75) is 191 Å². The number of aliphatic hydroxyl groups excluding tert-OH is 1. The number of primary amides is 1. The molecule has 2 aliphatic rings. The molecule has 19 N–H and O–H groups in total. The zero-order chi connectivity index (χ0) is 75.4. The fraction of sp³-hybridized carbons (Fsp3) is 0.493. The summed E-state index contributed by atoms with van der Waals surface area (Å²) in [6, 6.07) is 9.94. The number of carbonyl (C=O) groups is 13. The van der Waals surface area contributed by atoms with Crippen molar-refractivity contribution in [1.29, 1.82) is 0 Å². The van der Waals surface area contributed by atoms with Crippen molar-refractivity contribution in [3.05, 3.63) is 113 Å². The number of hydrogen-bond acceptors (Lipinski definition) is 16. The van der Waals surface area contributed by atoms with Crippen LogP contribution in [0.4, 0.5) is 0 Å². The number of amides is 13. The molecule has 0 radical (unpaired) electrons. The first-order chi connectivity index (χ1) is 49.0. The van der Waals surface area contributed by atoms with E-state index < -0.39 is 156 Å². The Bertz CT molecular complexity index is 3690. The van der Waals surface area contributed by atoms with Crippen molar-refractivity contribution < 1.29 is 72.5 Å². The number of carbonyl (C=O) groups excluding carboxylic acids is 13. The Morgan fingerprint density at radius 3 is 1.91 bits per heavy atom. The summed E-state index contributed by atoms with van der Waals surface area (Å²) in [5, 5.41) is 52.4. The van der Waals surface area contributed by atoms with Crippen LogP contribution in [0.2, 0.25) is 5.02 Å². The molecule has 0 spiro atoms. The average Bonchev–Trinajstić information content (AvgIpc) is 1.83. The Kier molecular flexibility index (Phi) is 31.9. The number of hydrogen-bond donors (Lipinski definition) is 16. The number of phenolic OH excluding ortho intramolecular Hbond substituents is 1. The Morgan fingerprint density at radius 1 is 0.670 bits per heavy atom. The van der Waals surface area contributed by atoms with Crippen LogP contribution in [-0.4, -0.2) is 191 Å². The number of nitrogens with one attached hydrogen (secondary N) is 11. The number of aromatic hydroxyl groups is 1. The van der Waals surface area contributed by atoms with Crippen LogP contribution in [0, 0.1) is 5.92 Å². The molecular weight excluding hydrogens is 1350 g/mol. The van der Waals surface area contributed by atoms with E-state index in [1.54, 1.807) is 50.2 Å². The van der Waals surface area contributed by atoms with Gasteiger partial charge in [0.2, 0.25) is 76.8 Å². The van der Waals surface area contributed by atoms with Crippen LogP contribution in [0.5, 0.6) is 5.75 Å². The third-order valence-electron chi connectivity index (χ3n) is 17.4. The number of aliphatic imine (C=N–C) groups is 1. The maximum Gasteiger partial charge on any atom is 0.245 e. The summed E-state index contributed by atoms with van der Waals surface area (Å²) in [7, 11) is 0. The molecule has 2 saturated heterocycles. The van der Waals surface area contributed by atoms with Gasteiger partial charge in [-0.15, -0.1) is 0 Å². The molecule has 2 aliphatic heterocycles. The van der Waals surface area contributed by atoms with Crippen LogP contribution < -0.4 is 75.7 Å². The minimum absolute atomic E-state index is 0.000472. The molecular formula is C71H97ClN16O15. The highest BCUT2D eigenvalue weighted by molar-refractivity contribution is 6.30. The summed E-state index contributed by atoms with van der Waals surface area (Å²) in [6.45, 7) is 6.44. The number of halogens is 1. The van der Waals surface area contributed by atoms with Gasteiger partial charge in [0.1, 0.15) is 66.2 Å². The zero-order valence-electron chi connectivity index (χ0n) is 58.5. The van der Waals surface area contributed by atoms with Crippen LogP contribution in [-0.2, 0) is 81.6 Å². The summed E-state index contributed by atoms with van der Waals surface area (Å²) in [5.74, 6) is -11.2. The molecule has 4 unspecified atom stereocenters. The first-order valence-electron chi connectivity index (χ1n) is 34.5. The predicted molar refractivity (Wildman–Crippen MR) is 382 cm³/mol. The average molecular weight is 1450 g/mol. The van der Waals surface area contributed by atoms with E-state index in [1.165, 1.54) is 43.0 Å². The molecule has 11 atom stereocenters. The Labute approximate surface area is 602 Å². The number of aliphatic hydroxyl groups is 1. The molecule has 2 heterocycles. The fourth-order valence-corrected chi connectivity index (χ4v) is 12.1. The van der Waals surface area contributed by atoms with E-state index in [0.29, 0.717) is 41.0 Å². The Hall–Kier alpha value is -10.4. The molecule has 103 heavy (non-hydrogen) atoms. The highest BCUT2D eigenvalue weighted by Gasteiger charge is 2.41. The van der Waals surface area contributed by atoms with Gasteiger partial charge in [0.05, 0.1) is 13.2 Å². The van der Waals surface area contributed by atoms with Gasteiger partial charge in [0, 0.05) is 56.8 Å². The van der Waals surface area contributed by atoms with Crippen molar-refractivity contribution >= 4 is 105 Å². The lowest BCUT2D eigenvalue weighted by atomic mass is 9.98. The Morgan fingerprint density at radius 2 is 1.28 bits per heavy atom. The minimum atomic E-state index is -1.87. The number of nitrogens with two attached hydrogens (primary N) is 3. The van der Waals surface area contributed by atoms with Gasteiger partial charge in [-0.3, -0.25) is 67.3 Å². The van der Waals surface area contributed by atoms with Gasteiger partial charge >= 0.3 is 0 Å². The van der Waals surface area contributed by atoms with Crippen molar-refractivity contribution in [3.63, 3.8) is 0 Å². The molecule has 4 aromatic rings. The second-order valence-electron chi connectivity index (χ2n) is 26.3. The summed E-state index contributed by atoms with van der Waals surface area (Å²) in [5.41, 5.74) is 18.1. The van der Waals surface area contributed by atoms with Crippen molar-refractivity contribution in [3.8, 4) is 5.75 Å². The van der Waals surface area contributed by atoms with Crippen molar-refractivity contribution in [2.75, 3.05) is 26.2 Å². The number of rotatable bonds is 31. The van der Waals surface area contributed by atoms with Gasteiger partial charge in [-0.1, -0.05) is 112 Å². The van der Waals surface area contributed by atoms with Gasteiger partial charge in [-0.05, 0) is 116 Å². The van der Waals surface area contributed by atoms with E-state index in [4.69, 9.17) is 28.8 Å². The molecule has 0 bridgehead atoms. The summed E-state index contributed by atoms with van der Waals surface area (Å²) in [6.07, 6.45) is 0.514. The van der Waals surface area contributed by atoms with Crippen molar-refractivity contribution in [2.24, 2.45) is 28.1 Å². The van der Waals surface area contributed by atoms with Crippen LogP contribution >= 0.6 is 11.6 Å². The molecule has 4 aromatic carbocycles. The Balaban J connectivity index is 1.30. The SMILES string of the molecule is CCCCC1C[C@H](C(=O)N[C@@H](CO)C(=O)N[C@@H](Cc2ccc(O)cc2)C(=O)NC(Cc2ccc3ccccc3c2)C(=O)N[C@H](CC(C)C)C(=O)N[C@@H](CCCN=C(N)N)C(=O)N2CCC[C@@H]2C(=O)NC(C)C(N)=O)NC(=O)CNC(=O)CCC(NC(C)=O)C(=O)N[C@H](Cc2ccc(Cl)cc2)C(=O)N1. The normalized spacial score (nSPS) is 19.2. The van der Waals surface area contributed by atoms with E-state index in [1.807, 2.05) is 37.3 Å².